The van der Waals surface area contributed by atoms with Crippen LogP contribution < -0.4 is 9.62 Å². The highest BCUT2D eigenvalue weighted by molar-refractivity contribution is 7.92. The lowest BCUT2D eigenvalue weighted by Gasteiger charge is -2.30. The first kappa shape index (κ1) is 22.3. The van der Waals surface area contributed by atoms with Crippen LogP contribution in [0.25, 0.3) is 0 Å². The molecule has 1 aromatic rings. The SMILES string of the molecule is CC1CCN(CCCNC(=O)CN(c2cc(Cl)ccc2Cl)S(C)(=O)=O)CC1. The molecule has 6 nitrogen and oxygen atoms in total. The van der Waals surface area contributed by atoms with E-state index < -0.39 is 10.0 Å². The highest BCUT2D eigenvalue weighted by Gasteiger charge is 2.23. The number of benzene rings is 1. The Morgan fingerprint density at radius 1 is 1.30 bits per heavy atom. The maximum absolute atomic E-state index is 12.3. The molecule has 1 aromatic carbocycles. The summed E-state index contributed by atoms with van der Waals surface area (Å²) in [5.41, 5.74) is 0.198. The van der Waals surface area contributed by atoms with Crippen LogP contribution in [0.1, 0.15) is 26.2 Å². The molecule has 0 radical (unpaired) electrons. The van der Waals surface area contributed by atoms with E-state index in [1.165, 1.54) is 25.0 Å². The molecule has 0 atom stereocenters. The number of hydrogen-bond acceptors (Lipinski definition) is 4. The zero-order valence-corrected chi connectivity index (χ0v) is 18.1. The van der Waals surface area contributed by atoms with Gasteiger partial charge in [-0.3, -0.25) is 9.10 Å². The molecule has 0 aromatic heterocycles. The molecule has 0 bridgehead atoms. The van der Waals surface area contributed by atoms with Crippen molar-refractivity contribution in [2.75, 3.05) is 43.3 Å². The van der Waals surface area contributed by atoms with Crippen LogP contribution in [0, 0.1) is 5.92 Å². The summed E-state index contributed by atoms with van der Waals surface area (Å²) >= 11 is 12.0. The van der Waals surface area contributed by atoms with Crippen LogP contribution in [-0.2, 0) is 14.8 Å². The van der Waals surface area contributed by atoms with Gasteiger partial charge in [0.1, 0.15) is 6.54 Å². The number of hydrogen-bond donors (Lipinski definition) is 1. The van der Waals surface area contributed by atoms with Crippen molar-refractivity contribution < 1.29 is 13.2 Å². The molecule has 2 rings (SSSR count). The van der Waals surface area contributed by atoms with Gasteiger partial charge in [-0.2, -0.15) is 0 Å². The number of halogens is 2. The van der Waals surface area contributed by atoms with Gasteiger partial charge < -0.3 is 10.2 Å². The minimum Gasteiger partial charge on any atom is -0.354 e. The van der Waals surface area contributed by atoms with Crippen molar-refractivity contribution >= 4 is 44.8 Å². The van der Waals surface area contributed by atoms with Gasteiger partial charge in [-0.05, 0) is 63.0 Å². The lowest BCUT2D eigenvalue weighted by molar-refractivity contribution is -0.119. The fraction of sp³-hybridized carbons (Fsp3) is 0.611. The minimum atomic E-state index is -3.68. The number of piperidine rings is 1. The van der Waals surface area contributed by atoms with Crippen LogP contribution in [0.5, 0.6) is 0 Å². The summed E-state index contributed by atoms with van der Waals surface area (Å²) in [6.07, 6.45) is 4.30. The Balaban J connectivity index is 1.86. The van der Waals surface area contributed by atoms with Crippen molar-refractivity contribution in [3.63, 3.8) is 0 Å². The summed E-state index contributed by atoms with van der Waals surface area (Å²) < 4.78 is 25.2. The molecule has 0 unspecified atom stereocenters. The summed E-state index contributed by atoms with van der Waals surface area (Å²) in [7, 11) is -3.68. The number of amides is 1. The molecule has 1 fully saturated rings. The molecule has 0 aliphatic carbocycles. The average molecular weight is 436 g/mol. The monoisotopic (exact) mass is 435 g/mol. The quantitative estimate of drug-likeness (QED) is 0.637. The van der Waals surface area contributed by atoms with E-state index in [9.17, 15) is 13.2 Å². The van der Waals surface area contributed by atoms with E-state index in [1.54, 1.807) is 6.07 Å². The number of carbonyl (C=O) groups excluding carboxylic acids is 1. The average Bonchev–Trinajstić information content (AvgIpc) is 2.59. The minimum absolute atomic E-state index is 0.198. The Bertz CT molecular complexity index is 750. The first-order valence-electron chi connectivity index (χ1n) is 9.08. The first-order valence-corrected chi connectivity index (χ1v) is 11.7. The topological polar surface area (TPSA) is 69.7 Å². The Kier molecular flexibility index (Phi) is 8.21. The van der Waals surface area contributed by atoms with Crippen LogP contribution in [0.15, 0.2) is 18.2 Å². The number of nitrogens with zero attached hydrogens (tertiary/aromatic N) is 2. The van der Waals surface area contributed by atoms with Crippen LogP contribution in [0.2, 0.25) is 10.0 Å². The fourth-order valence-electron chi connectivity index (χ4n) is 3.06. The Labute approximate surface area is 171 Å². The summed E-state index contributed by atoms with van der Waals surface area (Å²) in [4.78, 5) is 14.7. The van der Waals surface area contributed by atoms with Crippen molar-refractivity contribution in [1.29, 1.82) is 0 Å². The predicted molar refractivity (Wildman–Crippen MR) is 111 cm³/mol. The Morgan fingerprint density at radius 2 is 1.96 bits per heavy atom. The van der Waals surface area contributed by atoms with Gasteiger partial charge in [0, 0.05) is 11.6 Å². The molecule has 1 saturated heterocycles. The van der Waals surface area contributed by atoms with Gasteiger partial charge in [-0.15, -0.1) is 0 Å². The van der Waals surface area contributed by atoms with Crippen LogP contribution >= 0.6 is 23.2 Å². The van der Waals surface area contributed by atoms with Crippen LogP contribution in [0.4, 0.5) is 5.69 Å². The van der Waals surface area contributed by atoms with Crippen molar-refractivity contribution in [3.05, 3.63) is 28.2 Å². The second kappa shape index (κ2) is 9.96. The molecular formula is C18H27Cl2N3O3S. The van der Waals surface area contributed by atoms with Gasteiger partial charge in [0.05, 0.1) is 17.0 Å². The largest absolute Gasteiger partial charge is 0.354 e. The van der Waals surface area contributed by atoms with Gasteiger partial charge >= 0.3 is 0 Å². The summed E-state index contributed by atoms with van der Waals surface area (Å²) in [5.74, 6) is 0.421. The second-order valence-electron chi connectivity index (χ2n) is 7.09. The second-order valence-corrected chi connectivity index (χ2v) is 9.84. The fourth-order valence-corrected chi connectivity index (χ4v) is 4.36. The van der Waals surface area contributed by atoms with E-state index in [-0.39, 0.29) is 23.2 Å². The van der Waals surface area contributed by atoms with E-state index in [0.717, 1.165) is 42.5 Å². The van der Waals surface area contributed by atoms with Crippen molar-refractivity contribution in [3.8, 4) is 0 Å². The Morgan fingerprint density at radius 3 is 2.59 bits per heavy atom. The summed E-state index contributed by atoms with van der Waals surface area (Å²) in [5, 5.41) is 3.36. The smallest absolute Gasteiger partial charge is 0.240 e. The van der Waals surface area contributed by atoms with Gasteiger partial charge in [0.15, 0.2) is 0 Å². The normalized spacial score (nSPS) is 16.3. The molecule has 0 spiro atoms. The van der Waals surface area contributed by atoms with Crippen molar-refractivity contribution in [2.45, 2.75) is 26.2 Å². The highest BCUT2D eigenvalue weighted by Crippen LogP contribution is 2.30. The molecule has 9 heteroatoms. The molecule has 1 heterocycles. The molecule has 152 valence electrons. The van der Waals surface area contributed by atoms with E-state index in [4.69, 9.17) is 23.2 Å². The molecule has 27 heavy (non-hydrogen) atoms. The number of rotatable bonds is 8. The number of nitrogens with one attached hydrogen (secondary N) is 1. The van der Waals surface area contributed by atoms with Gasteiger partial charge in [-0.1, -0.05) is 30.1 Å². The zero-order valence-electron chi connectivity index (χ0n) is 15.7. The van der Waals surface area contributed by atoms with Crippen molar-refractivity contribution in [2.24, 2.45) is 5.92 Å². The third kappa shape index (κ3) is 7.14. The zero-order chi connectivity index (χ0) is 20.0. The van der Waals surface area contributed by atoms with E-state index in [0.29, 0.717) is 11.6 Å². The van der Waals surface area contributed by atoms with E-state index in [1.807, 2.05) is 0 Å². The van der Waals surface area contributed by atoms with E-state index in [2.05, 4.69) is 17.1 Å². The standard InChI is InChI=1S/C18H27Cl2N3O3S/c1-14-6-10-22(11-7-14)9-3-8-21-18(24)13-23(27(2,25)26)17-12-15(19)4-5-16(17)20/h4-5,12,14H,3,6-11,13H2,1-2H3,(H,21,24). The van der Waals surface area contributed by atoms with Crippen LogP contribution in [0.3, 0.4) is 0 Å². The van der Waals surface area contributed by atoms with Gasteiger partial charge in [0.25, 0.3) is 0 Å². The third-order valence-electron chi connectivity index (χ3n) is 4.71. The van der Waals surface area contributed by atoms with Crippen LogP contribution in [-0.4, -0.2) is 58.2 Å². The lowest BCUT2D eigenvalue weighted by atomic mass is 9.99. The Hall–Kier alpha value is -1.02. The maximum Gasteiger partial charge on any atom is 0.240 e. The highest BCUT2D eigenvalue weighted by atomic mass is 35.5. The molecule has 0 saturated carbocycles. The number of anilines is 1. The summed E-state index contributed by atoms with van der Waals surface area (Å²) in [6.45, 7) is 5.58. The molecular weight excluding hydrogens is 409 g/mol. The number of sulfonamides is 1. The van der Waals surface area contributed by atoms with E-state index >= 15 is 0 Å². The van der Waals surface area contributed by atoms with Gasteiger partial charge in [0.2, 0.25) is 15.9 Å². The van der Waals surface area contributed by atoms with Gasteiger partial charge in [-0.25, -0.2) is 8.42 Å². The molecule has 1 N–H and O–H groups in total. The third-order valence-corrected chi connectivity index (χ3v) is 6.40. The summed E-state index contributed by atoms with van der Waals surface area (Å²) in [6, 6.07) is 4.51. The molecule has 1 aliphatic rings. The lowest BCUT2D eigenvalue weighted by Crippen LogP contribution is -2.41. The van der Waals surface area contributed by atoms with Crippen molar-refractivity contribution in [1.82, 2.24) is 10.2 Å². The number of carbonyl (C=O) groups is 1. The first-order chi connectivity index (χ1) is 12.7. The molecule has 1 amide bonds. The maximum atomic E-state index is 12.3. The number of likely N-dealkylation sites (tertiary alicyclic amines) is 1. The molecule has 1 aliphatic heterocycles. The predicted octanol–water partition coefficient (Wildman–Crippen LogP) is 3.00.